The van der Waals surface area contributed by atoms with Gasteiger partial charge >= 0.3 is 5.97 Å². The first-order chi connectivity index (χ1) is 19.8. The molecule has 8 bridgehead atoms. The maximum Gasteiger partial charge on any atom is 0.330 e. The summed E-state index contributed by atoms with van der Waals surface area (Å²) in [5, 5.41) is 9.26. The zero-order chi connectivity index (χ0) is 28.9. The van der Waals surface area contributed by atoms with E-state index < -0.39 is 0 Å². The fourth-order valence-electron chi connectivity index (χ4n) is 6.76. The second-order valence-corrected chi connectivity index (χ2v) is 12.1. The molecule has 0 aliphatic carbocycles. The fraction of sp³-hybridized carbons (Fsp3) is 0.606. The minimum atomic E-state index is -0.378. The van der Waals surface area contributed by atoms with Crippen molar-refractivity contribution in [3.05, 3.63) is 59.9 Å². The summed E-state index contributed by atoms with van der Waals surface area (Å²) in [6, 6.07) is 2.11. The highest BCUT2D eigenvalue weighted by Crippen LogP contribution is 2.38. The molecule has 0 unspecified atom stereocenters. The van der Waals surface area contributed by atoms with E-state index >= 15 is 0 Å². The Morgan fingerprint density at radius 2 is 1.85 bits per heavy atom. The van der Waals surface area contributed by atoms with Gasteiger partial charge in [-0.05, 0) is 63.5 Å². The quantitative estimate of drug-likeness (QED) is 0.215. The number of rotatable bonds is 1. The third-order valence-electron chi connectivity index (χ3n) is 8.86. The predicted molar refractivity (Wildman–Crippen MR) is 153 cm³/mol. The molecule has 41 heavy (non-hydrogen) atoms. The molecule has 3 fully saturated rings. The number of oxazole rings is 1. The Morgan fingerprint density at radius 1 is 1.05 bits per heavy atom. The highest BCUT2D eigenvalue weighted by atomic mass is 16.6. The Hall–Kier alpha value is -2.99. The van der Waals surface area contributed by atoms with Gasteiger partial charge in [-0.25, -0.2) is 9.78 Å². The zero-order valence-corrected chi connectivity index (χ0v) is 24.4. The molecule has 1 aromatic rings. The molecule has 5 heterocycles. The molecule has 0 radical (unpaired) electrons. The van der Waals surface area contributed by atoms with Crippen molar-refractivity contribution in [3.8, 4) is 6.07 Å². The summed E-state index contributed by atoms with van der Waals surface area (Å²) in [5.74, 6) is -0.0380. The first kappa shape index (κ1) is 29.5. The molecule has 8 heteroatoms. The van der Waals surface area contributed by atoms with E-state index in [4.69, 9.17) is 28.3 Å². The molecular weight excluding hydrogens is 520 g/mol. The molecule has 5 rings (SSSR count). The summed E-state index contributed by atoms with van der Waals surface area (Å²) in [4.78, 5) is 17.7. The number of hydrogen-bond acceptors (Lipinski definition) is 8. The van der Waals surface area contributed by atoms with Gasteiger partial charge in [0.2, 0.25) is 5.89 Å². The van der Waals surface area contributed by atoms with Crippen LogP contribution < -0.4 is 0 Å². The average molecular weight is 563 g/mol. The van der Waals surface area contributed by atoms with Crippen molar-refractivity contribution >= 4 is 12.0 Å². The molecule has 0 amide bonds. The lowest BCUT2D eigenvalue weighted by Crippen LogP contribution is -2.50. The van der Waals surface area contributed by atoms with Gasteiger partial charge in [0.15, 0.2) is 0 Å². The first-order valence-corrected chi connectivity index (χ1v) is 15.0. The number of fused-ring (bicyclic) bond motifs is 9. The number of allylic oxidation sites excluding steroid dienone is 1. The molecule has 3 saturated heterocycles. The van der Waals surface area contributed by atoms with Gasteiger partial charge in [0.1, 0.15) is 24.2 Å². The first-order valence-electron chi connectivity index (χ1n) is 15.0. The molecule has 8 nitrogen and oxygen atoms in total. The van der Waals surface area contributed by atoms with E-state index in [0.29, 0.717) is 18.7 Å². The van der Waals surface area contributed by atoms with Crippen LogP contribution in [0.15, 0.2) is 52.7 Å². The molecule has 220 valence electrons. The molecule has 4 aliphatic heterocycles. The number of esters is 1. The Bertz CT molecular complexity index is 1220. The third-order valence-corrected chi connectivity index (χ3v) is 8.86. The summed E-state index contributed by atoms with van der Waals surface area (Å²) in [6.07, 6.45) is 16.1. The van der Waals surface area contributed by atoms with Crippen molar-refractivity contribution in [3.63, 3.8) is 0 Å². The Morgan fingerprint density at radius 3 is 2.68 bits per heavy atom. The van der Waals surface area contributed by atoms with Crippen LogP contribution in [0.4, 0.5) is 0 Å². The Balaban J connectivity index is 1.41. The van der Waals surface area contributed by atoms with E-state index in [1.54, 1.807) is 6.26 Å². The van der Waals surface area contributed by atoms with Crippen molar-refractivity contribution < 1.29 is 28.2 Å². The molecule has 4 aliphatic rings. The van der Waals surface area contributed by atoms with Crippen LogP contribution >= 0.6 is 0 Å². The number of nitriles is 1. The predicted octanol–water partition coefficient (Wildman–Crippen LogP) is 6.56. The maximum atomic E-state index is 13.0. The second-order valence-electron chi connectivity index (χ2n) is 12.1. The normalized spacial score (nSPS) is 37.8. The summed E-state index contributed by atoms with van der Waals surface area (Å²) < 4.78 is 31.2. The summed E-state index contributed by atoms with van der Waals surface area (Å²) in [7, 11) is 0. The van der Waals surface area contributed by atoms with Crippen LogP contribution in [-0.2, 0) is 23.7 Å². The van der Waals surface area contributed by atoms with Gasteiger partial charge in [0.25, 0.3) is 0 Å². The van der Waals surface area contributed by atoms with E-state index in [2.05, 4.69) is 12.6 Å². The van der Waals surface area contributed by atoms with Crippen molar-refractivity contribution in [1.29, 1.82) is 5.26 Å². The van der Waals surface area contributed by atoms with Crippen LogP contribution in [0.25, 0.3) is 6.08 Å². The molecule has 0 saturated carbocycles. The van der Waals surface area contributed by atoms with Gasteiger partial charge < -0.3 is 23.4 Å². The van der Waals surface area contributed by atoms with E-state index in [0.717, 1.165) is 49.8 Å². The lowest BCUT2D eigenvalue weighted by atomic mass is 9.79. The average Bonchev–Trinajstić information content (AvgIpc) is 3.41. The number of carbonyl (C=O) groups is 1. The second kappa shape index (κ2) is 13.3. The zero-order valence-electron chi connectivity index (χ0n) is 24.4. The lowest BCUT2D eigenvalue weighted by molar-refractivity contribution is -0.180. The standard InChI is InChI=1S/C33H42N2O6/c1-20-16-24-9-6-13-31(36)41-33-22(3)28(40-32(23(33)4)21(2)14-15-34)10-7-12-30-35-27(19-37-30)29-11-5-8-25(39-29)18-26(17-20)38-24/h6-7,12-14,19,22-26,28-29,32-33H,1,5,8-11,16-18H2,2-4H3/b12-7+,13-6?,21-14+/t22-,23-,24-,25-,26+,28+,29+,32-,33-/m0/s1. The monoisotopic (exact) mass is 562 g/mol. The highest BCUT2D eigenvalue weighted by Gasteiger charge is 2.43. The van der Waals surface area contributed by atoms with Gasteiger partial charge in [0.05, 0.1) is 36.6 Å². The van der Waals surface area contributed by atoms with Crippen molar-refractivity contribution in [1.82, 2.24) is 4.98 Å². The fourth-order valence-corrected chi connectivity index (χ4v) is 6.76. The minimum Gasteiger partial charge on any atom is -0.458 e. The smallest absolute Gasteiger partial charge is 0.330 e. The van der Waals surface area contributed by atoms with Gasteiger partial charge in [-0.3, -0.25) is 0 Å². The number of carbonyl (C=O) groups excluding carboxylic acids is 1. The molecule has 1 aromatic heterocycles. The SMILES string of the molecule is C=C1C[C@@H]2C[C@@H]3CCC[C@@H](O3)c3coc(n3)/C=C/C[C@H]3O[C@@H](/C(C)=C/C#N)[C@H](C)[C@@H](OC(=O)C=CC[C@@H](C1)O2)[C@H]3C. The number of nitrogens with zero attached hydrogens (tertiary/aromatic N) is 2. The van der Waals surface area contributed by atoms with Crippen LogP contribution in [-0.4, -0.2) is 47.6 Å². The Labute approximate surface area is 243 Å². The van der Waals surface area contributed by atoms with Crippen molar-refractivity contribution in [2.24, 2.45) is 11.8 Å². The number of hydrogen-bond donors (Lipinski definition) is 0. The molecule has 0 N–H and O–H groups in total. The van der Waals surface area contributed by atoms with Crippen LogP contribution in [0.2, 0.25) is 0 Å². The number of aromatic nitrogens is 1. The van der Waals surface area contributed by atoms with Crippen molar-refractivity contribution in [2.75, 3.05) is 0 Å². The maximum absolute atomic E-state index is 13.0. The van der Waals surface area contributed by atoms with Crippen molar-refractivity contribution in [2.45, 2.75) is 115 Å². The molecule has 0 aromatic carbocycles. The molecule has 9 atom stereocenters. The number of ether oxygens (including phenoxy) is 4. The van der Waals surface area contributed by atoms with Crippen LogP contribution in [0.1, 0.15) is 89.8 Å². The Kier molecular flexibility index (Phi) is 9.59. The van der Waals surface area contributed by atoms with E-state index in [1.807, 2.05) is 39.0 Å². The van der Waals surface area contributed by atoms with Crippen LogP contribution in [0, 0.1) is 23.2 Å². The topological polar surface area (TPSA) is 104 Å². The third kappa shape index (κ3) is 7.27. The summed E-state index contributed by atoms with van der Waals surface area (Å²) in [6.45, 7) is 10.2. The van der Waals surface area contributed by atoms with Gasteiger partial charge in [-0.2, -0.15) is 5.26 Å². The highest BCUT2D eigenvalue weighted by molar-refractivity contribution is 5.82. The minimum absolute atomic E-state index is 0.0311. The van der Waals surface area contributed by atoms with E-state index in [9.17, 15) is 10.1 Å². The molecular formula is C33H42N2O6. The van der Waals surface area contributed by atoms with E-state index in [1.165, 1.54) is 17.7 Å². The van der Waals surface area contributed by atoms with Gasteiger partial charge in [-0.15, -0.1) is 0 Å². The van der Waals surface area contributed by atoms with E-state index in [-0.39, 0.29) is 60.5 Å². The van der Waals surface area contributed by atoms with Crippen LogP contribution in [0.5, 0.6) is 0 Å². The van der Waals surface area contributed by atoms with Gasteiger partial charge in [-0.1, -0.05) is 38.2 Å². The van der Waals surface area contributed by atoms with Gasteiger partial charge in [0, 0.05) is 30.4 Å². The largest absolute Gasteiger partial charge is 0.458 e. The molecule has 0 spiro atoms. The summed E-state index contributed by atoms with van der Waals surface area (Å²) in [5.41, 5.74) is 2.80. The summed E-state index contributed by atoms with van der Waals surface area (Å²) >= 11 is 0. The lowest BCUT2D eigenvalue weighted by Gasteiger charge is -2.44. The van der Waals surface area contributed by atoms with Crippen LogP contribution in [0.3, 0.4) is 0 Å².